The van der Waals surface area contributed by atoms with Gasteiger partial charge in [0.1, 0.15) is 0 Å². The molecule has 0 N–H and O–H groups in total. The molecule has 0 fully saturated rings. The van der Waals surface area contributed by atoms with Crippen LogP contribution in [0.25, 0.3) is 129 Å². The van der Waals surface area contributed by atoms with Crippen LogP contribution in [0.4, 0.5) is 0 Å². The molecule has 13 aromatic carbocycles. The third-order valence-corrected chi connectivity index (χ3v) is 12.0. The van der Waals surface area contributed by atoms with Crippen LogP contribution in [0.2, 0.25) is 0 Å². The Hall–Kier alpha value is -6.24. The molecule has 0 aliphatic carbocycles. The summed E-state index contributed by atoms with van der Waals surface area (Å²) in [5, 5.41) is 31.5. The lowest BCUT2D eigenvalue weighted by Crippen LogP contribution is -1.88. The Morgan fingerprint density at radius 3 is 0.167 bits per heavy atom. The minimum Gasteiger partial charge on any atom is -0.0531 e. The van der Waals surface area contributed by atoms with Gasteiger partial charge < -0.3 is 0 Å². The van der Waals surface area contributed by atoms with E-state index in [1.54, 1.807) is 0 Å². The second-order valence-electron chi connectivity index (χ2n) is 13.9. The van der Waals surface area contributed by atoms with Gasteiger partial charge in [-0.05, 0) is 129 Å². The van der Waals surface area contributed by atoms with Crippen LogP contribution in [0.1, 0.15) is 0 Å². The summed E-state index contributed by atoms with van der Waals surface area (Å²) in [6, 6.07) is 56.5. The highest BCUT2D eigenvalue weighted by Crippen LogP contribution is 2.44. The number of benzene rings is 12. The molecule has 0 saturated carbocycles. The van der Waals surface area contributed by atoms with Gasteiger partial charge in [0.25, 0.3) is 0 Å². The van der Waals surface area contributed by atoms with Crippen LogP contribution >= 0.6 is 0 Å². The fourth-order valence-electron chi connectivity index (χ4n) is 9.79. The SMILES string of the molecule is c1cc2c3ccc4c2ccc2c4ccc4c2ccc2c4ccc4c5ccc6c7ccc8c9ccc3c1c9ccc8c7ccc6c5ccc24. The largest absolute Gasteiger partial charge is 0.0531 e. The molecule has 0 aromatic heterocycles. The number of rotatable bonds is 0. The molecule has 0 spiro atoms. The molecule has 24 bridgehead atoms. The molecule has 0 unspecified atom stereocenters. The first-order valence-corrected chi connectivity index (χ1v) is 16.9. The van der Waals surface area contributed by atoms with E-state index in [4.69, 9.17) is 0 Å². The third-order valence-electron chi connectivity index (χ3n) is 12.0. The van der Waals surface area contributed by atoms with E-state index in [-0.39, 0.29) is 0 Å². The molecule has 0 radical (unpaired) electrons. The Morgan fingerprint density at radius 1 is 0.0833 bits per heavy atom. The Morgan fingerprint density at radius 2 is 0.125 bits per heavy atom. The average Bonchev–Trinajstić information content (AvgIpc) is 3.15. The zero-order valence-corrected chi connectivity index (χ0v) is 25.9. The molecule has 0 saturated heterocycles. The van der Waals surface area contributed by atoms with Crippen LogP contribution in [0, 0.1) is 0 Å². The smallest absolute Gasteiger partial charge is 0.00987 e. The molecular formula is C48H24. The Kier molecular flexibility index (Phi) is 4.00. The number of hydrogen-bond donors (Lipinski definition) is 0. The normalized spacial score (nSPS) is 13.0. The molecule has 0 heteroatoms. The van der Waals surface area contributed by atoms with Crippen molar-refractivity contribution in [3.63, 3.8) is 0 Å². The van der Waals surface area contributed by atoms with Gasteiger partial charge in [0.2, 0.25) is 0 Å². The Labute approximate surface area is 274 Å². The van der Waals surface area contributed by atoms with Crippen molar-refractivity contribution in [2.24, 2.45) is 0 Å². The van der Waals surface area contributed by atoms with Gasteiger partial charge in [-0.2, -0.15) is 0 Å². The fraction of sp³-hybridized carbons (Fsp3) is 0. The average molecular weight is 601 g/mol. The van der Waals surface area contributed by atoms with Crippen molar-refractivity contribution in [2.75, 3.05) is 0 Å². The molecule has 0 aliphatic heterocycles. The van der Waals surface area contributed by atoms with E-state index in [1.165, 1.54) is 129 Å². The lowest BCUT2D eigenvalue weighted by atomic mass is 9.88. The summed E-state index contributed by atoms with van der Waals surface area (Å²) in [4.78, 5) is 0. The second kappa shape index (κ2) is 8.00. The van der Waals surface area contributed by atoms with Gasteiger partial charge in [0.05, 0.1) is 0 Å². The molecule has 0 atom stereocenters. The van der Waals surface area contributed by atoms with Crippen LogP contribution < -0.4 is 0 Å². The lowest BCUT2D eigenvalue weighted by molar-refractivity contribution is 1.80. The summed E-state index contributed by atoms with van der Waals surface area (Å²) in [5.41, 5.74) is 0. The third kappa shape index (κ3) is 2.66. The van der Waals surface area contributed by atoms with Crippen molar-refractivity contribution >= 4 is 129 Å². The maximum absolute atomic E-state index is 2.35. The van der Waals surface area contributed by atoms with E-state index in [0.717, 1.165) is 0 Å². The van der Waals surface area contributed by atoms with Crippen molar-refractivity contribution in [2.45, 2.75) is 0 Å². The summed E-state index contributed by atoms with van der Waals surface area (Å²) >= 11 is 0. The summed E-state index contributed by atoms with van der Waals surface area (Å²) < 4.78 is 0. The lowest BCUT2D eigenvalue weighted by Gasteiger charge is -2.16. The molecule has 13 aromatic rings. The van der Waals surface area contributed by atoms with Crippen LogP contribution in [-0.4, -0.2) is 0 Å². The topological polar surface area (TPSA) is 0 Å². The van der Waals surface area contributed by atoms with E-state index in [9.17, 15) is 0 Å². The predicted molar refractivity (Wildman–Crippen MR) is 210 cm³/mol. The zero-order chi connectivity index (χ0) is 30.8. The van der Waals surface area contributed by atoms with Gasteiger partial charge in [0.15, 0.2) is 0 Å². The highest BCUT2D eigenvalue weighted by atomic mass is 14.2. The van der Waals surface area contributed by atoms with Gasteiger partial charge in [-0.3, -0.25) is 0 Å². The molecule has 216 valence electrons. The summed E-state index contributed by atoms with van der Waals surface area (Å²) in [6.07, 6.45) is 0. The molecule has 0 aliphatic rings. The van der Waals surface area contributed by atoms with Crippen molar-refractivity contribution < 1.29 is 0 Å². The quantitative estimate of drug-likeness (QED) is 0.152. The van der Waals surface area contributed by atoms with E-state index >= 15 is 0 Å². The van der Waals surface area contributed by atoms with E-state index in [2.05, 4.69) is 146 Å². The summed E-state index contributed by atoms with van der Waals surface area (Å²) in [6.45, 7) is 0. The molecule has 0 nitrogen and oxygen atoms in total. The molecule has 0 amide bonds. The highest BCUT2D eigenvalue weighted by molar-refractivity contribution is 6.33. The maximum Gasteiger partial charge on any atom is -0.00987 e. The zero-order valence-electron chi connectivity index (χ0n) is 25.9. The maximum atomic E-state index is 2.35. The van der Waals surface area contributed by atoms with Gasteiger partial charge in [-0.15, -0.1) is 0 Å². The number of hydrogen-bond acceptors (Lipinski definition) is 0. The van der Waals surface area contributed by atoms with Gasteiger partial charge in [0, 0.05) is 0 Å². The van der Waals surface area contributed by atoms with Crippen molar-refractivity contribution in [1.29, 1.82) is 0 Å². The van der Waals surface area contributed by atoms with Crippen molar-refractivity contribution in [1.82, 2.24) is 0 Å². The van der Waals surface area contributed by atoms with Crippen LogP contribution in [0.5, 0.6) is 0 Å². The minimum atomic E-state index is 1.31. The fourth-order valence-corrected chi connectivity index (χ4v) is 9.79. The van der Waals surface area contributed by atoms with Crippen LogP contribution in [0.3, 0.4) is 0 Å². The predicted octanol–water partition coefficient (Wildman–Crippen LogP) is 13.8. The second-order valence-corrected chi connectivity index (χ2v) is 13.9. The first kappa shape index (κ1) is 24.0. The van der Waals surface area contributed by atoms with Gasteiger partial charge in [-0.1, -0.05) is 146 Å². The molecule has 48 heavy (non-hydrogen) atoms. The van der Waals surface area contributed by atoms with E-state index < -0.39 is 0 Å². The summed E-state index contributed by atoms with van der Waals surface area (Å²) in [7, 11) is 0. The monoisotopic (exact) mass is 600 g/mol. The summed E-state index contributed by atoms with van der Waals surface area (Å²) in [5.74, 6) is 0. The van der Waals surface area contributed by atoms with Crippen molar-refractivity contribution in [3.8, 4) is 0 Å². The first-order valence-electron chi connectivity index (χ1n) is 16.9. The van der Waals surface area contributed by atoms with Crippen LogP contribution in [-0.2, 0) is 0 Å². The molecular weight excluding hydrogens is 577 g/mol. The van der Waals surface area contributed by atoms with Crippen LogP contribution in [0.15, 0.2) is 146 Å². The van der Waals surface area contributed by atoms with Gasteiger partial charge in [-0.25, -0.2) is 0 Å². The Bertz CT molecular complexity index is 2350. The van der Waals surface area contributed by atoms with Crippen molar-refractivity contribution in [3.05, 3.63) is 146 Å². The highest BCUT2D eigenvalue weighted by Gasteiger charge is 2.16. The molecule has 0 heterocycles. The first-order chi connectivity index (χ1) is 23.8. The van der Waals surface area contributed by atoms with Gasteiger partial charge >= 0.3 is 0 Å². The standard InChI is InChI=1S/C48H24/c1-2-26-29-7-9-32-30(26)8-10-36-35(32)13-14-40-39(36)17-18-44-43(40)21-22-48-46-20-19-41-38-12-11-33-31-5-3-27(29)25(1)28(31)4-6-34(33)37(38)15-16-42(41)45(46)23-24-47(44)48/h1-24H. The molecule has 13 rings (SSSR count). The van der Waals surface area contributed by atoms with E-state index in [1.807, 2.05) is 0 Å². The Balaban J connectivity index is 1.31. The van der Waals surface area contributed by atoms with E-state index in [0.29, 0.717) is 0 Å². The minimum absolute atomic E-state index is 1.31.